The molecule has 8 heteroatoms. The number of sulfone groups is 1. The van der Waals surface area contributed by atoms with E-state index in [9.17, 15) is 23.1 Å². The fourth-order valence-corrected chi connectivity index (χ4v) is 7.39. The molecule has 2 atom stereocenters. The van der Waals surface area contributed by atoms with Gasteiger partial charge in [-0.3, -0.25) is 9.69 Å². The van der Waals surface area contributed by atoms with Gasteiger partial charge in [-0.2, -0.15) is 0 Å². The summed E-state index contributed by atoms with van der Waals surface area (Å²) in [5.74, 6) is -1.34. The van der Waals surface area contributed by atoms with Crippen molar-refractivity contribution in [2.45, 2.75) is 123 Å². The molecule has 3 rings (SSSR count). The Balaban J connectivity index is 1.95. The number of aliphatic carboxylic acids is 1. The lowest BCUT2D eigenvalue weighted by molar-refractivity contribution is -0.139. The highest BCUT2D eigenvalue weighted by molar-refractivity contribution is 7.90. The van der Waals surface area contributed by atoms with Crippen LogP contribution in [0, 0.1) is 12.8 Å². The van der Waals surface area contributed by atoms with E-state index in [1.807, 2.05) is 37.3 Å². The van der Waals surface area contributed by atoms with Gasteiger partial charge in [0.1, 0.15) is 15.9 Å². The van der Waals surface area contributed by atoms with Crippen LogP contribution < -0.4 is 5.32 Å². The molecule has 0 aromatic heterocycles. The highest BCUT2D eigenvalue weighted by Crippen LogP contribution is 2.33. The monoisotopic (exact) mass is 652 g/mol. The molecule has 2 aromatic rings. The maximum absolute atomic E-state index is 13.6. The van der Waals surface area contributed by atoms with Gasteiger partial charge in [-0.15, -0.1) is 0 Å². The van der Waals surface area contributed by atoms with Crippen LogP contribution >= 0.6 is 0 Å². The number of hydrogen-bond donors (Lipinski definition) is 2. The molecule has 2 N–H and O–H groups in total. The minimum Gasteiger partial charge on any atom is -0.480 e. The smallest absolute Gasteiger partial charge is 0.326 e. The third-order valence-corrected chi connectivity index (χ3v) is 10.2. The molecule has 1 aliphatic rings. The summed E-state index contributed by atoms with van der Waals surface area (Å²) < 4.78 is 23.4. The van der Waals surface area contributed by atoms with Crippen LogP contribution in [0.15, 0.2) is 54.1 Å². The van der Waals surface area contributed by atoms with Gasteiger partial charge in [-0.1, -0.05) is 74.1 Å². The number of amides is 1. The largest absolute Gasteiger partial charge is 0.480 e. The first-order valence-corrected chi connectivity index (χ1v) is 19.1. The second-order valence-electron chi connectivity index (χ2n) is 13.8. The van der Waals surface area contributed by atoms with Crippen molar-refractivity contribution in [2.75, 3.05) is 12.0 Å². The Hall–Kier alpha value is -2.97. The van der Waals surface area contributed by atoms with Crippen LogP contribution in [0.3, 0.4) is 0 Å². The number of carbonyl (C=O) groups excluding carboxylic acids is 1. The first kappa shape index (κ1) is 37.5. The number of nitrogens with zero attached hydrogens (tertiary/aromatic N) is 1. The molecule has 0 saturated heterocycles. The van der Waals surface area contributed by atoms with Crippen LogP contribution in [0.1, 0.15) is 113 Å². The Bertz CT molecular complexity index is 1440. The summed E-state index contributed by atoms with van der Waals surface area (Å²) in [6, 6.07) is 13.2. The van der Waals surface area contributed by atoms with Crippen molar-refractivity contribution in [1.29, 1.82) is 0 Å². The molecular formula is C38H56N2O5S. The first-order chi connectivity index (χ1) is 21.7. The molecule has 0 aliphatic heterocycles. The number of benzene rings is 2. The van der Waals surface area contributed by atoms with E-state index in [-0.39, 0.29) is 12.2 Å². The number of aryl methyl sites for hydroxylation is 1. The molecule has 2 aromatic carbocycles. The van der Waals surface area contributed by atoms with E-state index in [0.29, 0.717) is 17.6 Å². The van der Waals surface area contributed by atoms with E-state index >= 15 is 0 Å². The van der Waals surface area contributed by atoms with Crippen LogP contribution in [0.2, 0.25) is 0 Å². The van der Waals surface area contributed by atoms with Gasteiger partial charge in [0.25, 0.3) is 5.91 Å². The normalized spacial score (nSPS) is 15.5. The lowest BCUT2D eigenvalue weighted by atomic mass is 9.83. The quantitative estimate of drug-likeness (QED) is 0.133. The van der Waals surface area contributed by atoms with Crippen molar-refractivity contribution in [2.24, 2.45) is 5.92 Å². The highest BCUT2D eigenvalue weighted by atomic mass is 32.2. The zero-order chi connectivity index (χ0) is 33.9. The number of unbranched alkanes of at least 4 members (excludes halogenated alkanes) is 1. The number of carbonyl (C=O) groups is 2. The van der Waals surface area contributed by atoms with Crippen molar-refractivity contribution >= 4 is 21.7 Å². The van der Waals surface area contributed by atoms with Gasteiger partial charge in [0, 0.05) is 30.4 Å². The van der Waals surface area contributed by atoms with Gasteiger partial charge in [-0.25, -0.2) is 13.2 Å². The summed E-state index contributed by atoms with van der Waals surface area (Å²) in [7, 11) is -3.38. The number of hydrogen-bond acceptors (Lipinski definition) is 5. The molecule has 0 radical (unpaired) electrons. The summed E-state index contributed by atoms with van der Waals surface area (Å²) in [4.78, 5) is 28.2. The molecule has 7 nitrogen and oxygen atoms in total. The molecule has 0 spiro atoms. The third kappa shape index (κ3) is 12.0. The van der Waals surface area contributed by atoms with Crippen molar-refractivity contribution < 1.29 is 23.1 Å². The standard InChI is InChI=1S/C38H56N2O5S/c1-27(2)14-10-12-18-32(24-30-16-8-7-9-17-30)40(28(3)4)26-31-20-21-34(35(25-31)33-19-13-11-15-29(33)5)37(41)39-36(38(42)43)22-23-46(6,44)45/h11,13-15,19-21,25,28,30,32,36H,7-10,12,16-18,22-24,26H2,1-6H3,(H,39,41)(H,42,43)/t32-,36-/m0/s1. The summed E-state index contributed by atoms with van der Waals surface area (Å²) in [5.41, 5.74) is 5.51. The van der Waals surface area contributed by atoms with Crippen molar-refractivity contribution in [3.8, 4) is 11.1 Å². The van der Waals surface area contributed by atoms with Gasteiger partial charge in [0.2, 0.25) is 0 Å². The zero-order valence-corrected chi connectivity index (χ0v) is 29.7. The maximum Gasteiger partial charge on any atom is 0.326 e. The second-order valence-corrected chi connectivity index (χ2v) is 16.1. The Labute approximate surface area is 277 Å². The Morgan fingerprint density at radius 3 is 2.33 bits per heavy atom. The number of rotatable bonds is 17. The Morgan fingerprint density at radius 1 is 1.02 bits per heavy atom. The topological polar surface area (TPSA) is 104 Å². The summed E-state index contributed by atoms with van der Waals surface area (Å²) in [6.07, 6.45) is 14.5. The number of carboxylic acid groups (broad SMARTS) is 1. The van der Waals surface area contributed by atoms with Crippen LogP contribution in [-0.2, 0) is 21.2 Å². The molecule has 0 unspecified atom stereocenters. The molecule has 0 heterocycles. The molecule has 1 fully saturated rings. The molecule has 1 saturated carbocycles. The van der Waals surface area contributed by atoms with Crippen LogP contribution in [0.25, 0.3) is 11.1 Å². The third-order valence-electron chi connectivity index (χ3n) is 9.27. The molecule has 1 amide bonds. The van der Waals surface area contributed by atoms with E-state index in [1.54, 1.807) is 6.07 Å². The molecule has 1 aliphatic carbocycles. The lowest BCUT2D eigenvalue weighted by Gasteiger charge is -2.38. The minimum atomic E-state index is -3.38. The van der Waals surface area contributed by atoms with Crippen LogP contribution in [-0.4, -0.2) is 60.4 Å². The number of carboxylic acids is 1. The van der Waals surface area contributed by atoms with Crippen molar-refractivity contribution in [3.63, 3.8) is 0 Å². The number of nitrogens with one attached hydrogen (secondary N) is 1. The fourth-order valence-electron chi connectivity index (χ4n) is 6.73. The molecule has 0 bridgehead atoms. The molecule has 254 valence electrons. The highest BCUT2D eigenvalue weighted by Gasteiger charge is 2.27. The van der Waals surface area contributed by atoms with E-state index < -0.39 is 27.8 Å². The van der Waals surface area contributed by atoms with E-state index in [2.05, 4.69) is 50.1 Å². The van der Waals surface area contributed by atoms with Crippen molar-refractivity contribution in [1.82, 2.24) is 10.2 Å². The summed E-state index contributed by atoms with van der Waals surface area (Å²) in [6.45, 7) is 11.6. The van der Waals surface area contributed by atoms with E-state index in [0.717, 1.165) is 60.2 Å². The predicted octanol–water partition coefficient (Wildman–Crippen LogP) is 7.97. The lowest BCUT2D eigenvalue weighted by Crippen LogP contribution is -2.42. The summed E-state index contributed by atoms with van der Waals surface area (Å²) in [5, 5.41) is 12.3. The first-order valence-electron chi connectivity index (χ1n) is 17.0. The van der Waals surface area contributed by atoms with Crippen LogP contribution in [0.4, 0.5) is 0 Å². The van der Waals surface area contributed by atoms with Crippen LogP contribution in [0.5, 0.6) is 0 Å². The summed E-state index contributed by atoms with van der Waals surface area (Å²) >= 11 is 0. The van der Waals surface area contributed by atoms with Gasteiger partial charge in [-0.05, 0) is 107 Å². The molecular weight excluding hydrogens is 596 g/mol. The average molecular weight is 653 g/mol. The Morgan fingerprint density at radius 2 is 1.72 bits per heavy atom. The van der Waals surface area contributed by atoms with Gasteiger partial charge < -0.3 is 10.4 Å². The minimum absolute atomic E-state index is 0.197. The van der Waals surface area contributed by atoms with Gasteiger partial charge >= 0.3 is 5.97 Å². The van der Waals surface area contributed by atoms with E-state index in [1.165, 1.54) is 44.1 Å². The zero-order valence-electron chi connectivity index (χ0n) is 28.8. The van der Waals surface area contributed by atoms with Gasteiger partial charge in [0.15, 0.2) is 0 Å². The maximum atomic E-state index is 13.6. The fraction of sp³-hybridized carbons (Fsp3) is 0.579. The van der Waals surface area contributed by atoms with Crippen molar-refractivity contribution in [3.05, 3.63) is 70.8 Å². The predicted molar refractivity (Wildman–Crippen MR) is 189 cm³/mol. The second kappa shape index (κ2) is 17.8. The molecule has 46 heavy (non-hydrogen) atoms. The Kier molecular flexibility index (Phi) is 14.5. The van der Waals surface area contributed by atoms with E-state index in [4.69, 9.17) is 0 Å². The van der Waals surface area contributed by atoms with Gasteiger partial charge in [0.05, 0.1) is 5.75 Å². The SMILES string of the molecule is CC(C)=CCCC[C@@H](CC1CCCCC1)N(Cc1ccc(C(=O)N[C@@H](CCS(C)(=O)=O)C(=O)O)c(-c2ccccc2C)c1)C(C)C. The average Bonchev–Trinajstić information content (AvgIpc) is 2.99. The number of allylic oxidation sites excluding steroid dienone is 2.